The summed E-state index contributed by atoms with van der Waals surface area (Å²) in [5.41, 5.74) is 15.2. The Morgan fingerprint density at radius 1 is 0.208 bits per heavy atom. The van der Waals surface area contributed by atoms with Gasteiger partial charge in [0.1, 0.15) is 11.2 Å². The van der Waals surface area contributed by atoms with Crippen molar-refractivity contribution in [1.82, 2.24) is 15.0 Å². The first-order valence-electron chi connectivity index (χ1n) is 26.1. The van der Waals surface area contributed by atoms with E-state index >= 15 is 0 Å². The maximum Gasteiger partial charge on any atom is 0.164 e. The molecule has 0 spiro atoms. The number of furan rings is 1. The third-order valence-electron chi connectivity index (χ3n) is 15.2. The van der Waals surface area contributed by atoms with Gasteiger partial charge >= 0.3 is 0 Å². The lowest BCUT2D eigenvalue weighted by molar-refractivity contribution is 0.673. The van der Waals surface area contributed by atoms with E-state index in [0.29, 0.717) is 17.5 Å². The monoisotopic (exact) mass is 979 g/mol. The standard InChI is InChI=1S/C73H45N3O/c1-5-20-46(21-6-1)52-39-53(47-22-7-2-8-23-47)42-56(41-52)72-74-71(75-73(76-72)57-43-54(48-24-9-3-10-25-48)40-55(44-57)49-26-11-4-12-27-49)51-29-19-28-50(38-51)66-45-67-68(62-34-17-16-33-61(62)66)65-37-36-64-60-32-14-13-30-58(60)59-31-15-18-35-63(59)69(64)70(65)77-67/h1-45H. The van der Waals surface area contributed by atoms with Crippen molar-refractivity contribution in [3.63, 3.8) is 0 Å². The topological polar surface area (TPSA) is 51.8 Å². The van der Waals surface area contributed by atoms with Crippen molar-refractivity contribution in [2.24, 2.45) is 0 Å². The molecule has 0 aliphatic carbocycles. The Morgan fingerprint density at radius 3 is 1.01 bits per heavy atom. The van der Waals surface area contributed by atoms with Crippen molar-refractivity contribution < 1.29 is 4.42 Å². The highest BCUT2D eigenvalue weighted by Crippen LogP contribution is 2.46. The molecule has 2 aromatic heterocycles. The summed E-state index contributed by atoms with van der Waals surface area (Å²) in [7, 11) is 0. The molecule has 13 aromatic carbocycles. The molecule has 0 saturated heterocycles. The molecule has 77 heavy (non-hydrogen) atoms. The van der Waals surface area contributed by atoms with Crippen LogP contribution in [0.3, 0.4) is 0 Å². The lowest BCUT2D eigenvalue weighted by Gasteiger charge is -2.14. The highest BCUT2D eigenvalue weighted by molar-refractivity contribution is 6.34. The zero-order chi connectivity index (χ0) is 50.8. The Labute approximate surface area is 444 Å². The van der Waals surface area contributed by atoms with Gasteiger partial charge in [0.15, 0.2) is 17.5 Å². The van der Waals surface area contributed by atoms with Crippen molar-refractivity contribution in [2.75, 3.05) is 0 Å². The second-order valence-electron chi connectivity index (χ2n) is 19.9. The summed E-state index contributed by atoms with van der Waals surface area (Å²) in [6.07, 6.45) is 0. The molecule has 0 atom stereocenters. The number of fused-ring (bicyclic) bond motifs is 12. The SMILES string of the molecule is c1ccc(-c2cc(-c3ccccc3)cc(-c3nc(-c4cc(-c5ccccc5)cc(-c5ccccc5)c4)nc(-c4cccc(-c5cc6oc7c(ccc8c9ccccc9c9ccccc9c87)c6c6ccccc56)c4)n3)c2)cc1. The van der Waals surface area contributed by atoms with E-state index in [0.717, 1.165) is 110 Å². The molecule has 15 rings (SSSR count). The second kappa shape index (κ2) is 18.3. The van der Waals surface area contributed by atoms with Crippen LogP contribution in [0.4, 0.5) is 0 Å². The lowest BCUT2D eigenvalue weighted by Crippen LogP contribution is -2.01. The van der Waals surface area contributed by atoms with Gasteiger partial charge in [-0.1, -0.05) is 218 Å². The van der Waals surface area contributed by atoms with Crippen molar-refractivity contribution in [2.45, 2.75) is 0 Å². The predicted octanol–water partition coefficient (Wildman–Crippen LogP) is 19.7. The fourth-order valence-electron chi connectivity index (χ4n) is 11.6. The van der Waals surface area contributed by atoms with Crippen LogP contribution in [0.15, 0.2) is 277 Å². The highest BCUT2D eigenvalue weighted by Gasteiger charge is 2.21. The maximum absolute atomic E-state index is 7.17. The summed E-state index contributed by atoms with van der Waals surface area (Å²) < 4.78 is 7.17. The molecule has 2 heterocycles. The van der Waals surface area contributed by atoms with Gasteiger partial charge in [-0.2, -0.15) is 0 Å². The van der Waals surface area contributed by atoms with Gasteiger partial charge in [-0.15, -0.1) is 0 Å². The molecule has 0 saturated carbocycles. The van der Waals surface area contributed by atoms with E-state index in [2.05, 4.69) is 273 Å². The van der Waals surface area contributed by atoms with E-state index in [9.17, 15) is 0 Å². The van der Waals surface area contributed by atoms with Crippen LogP contribution < -0.4 is 0 Å². The normalized spacial score (nSPS) is 11.6. The Kier molecular flexibility index (Phi) is 10.5. The number of aromatic nitrogens is 3. The van der Waals surface area contributed by atoms with E-state index in [-0.39, 0.29) is 0 Å². The van der Waals surface area contributed by atoms with Gasteiger partial charge < -0.3 is 4.42 Å². The van der Waals surface area contributed by atoms with Crippen LogP contribution >= 0.6 is 0 Å². The van der Waals surface area contributed by atoms with E-state index in [1.54, 1.807) is 0 Å². The van der Waals surface area contributed by atoms with Gasteiger partial charge in [0, 0.05) is 32.8 Å². The number of hydrogen-bond donors (Lipinski definition) is 0. The first kappa shape index (κ1) is 44.2. The smallest absolute Gasteiger partial charge is 0.164 e. The van der Waals surface area contributed by atoms with Crippen molar-refractivity contribution in [3.8, 4) is 89.8 Å². The van der Waals surface area contributed by atoms with E-state index in [1.807, 2.05) is 0 Å². The largest absolute Gasteiger partial charge is 0.455 e. The highest BCUT2D eigenvalue weighted by atomic mass is 16.3. The van der Waals surface area contributed by atoms with Crippen LogP contribution in [0.2, 0.25) is 0 Å². The van der Waals surface area contributed by atoms with Crippen LogP contribution in [-0.2, 0) is 0 Å². The summed E-state index contributed by atoms with van der Waals surface area (Å²) in [5, 5.41) is 11.7. The van der Waals surface area contributed by atoms with Crippen LogP contribution in [0, 0.1) is 0 Å². The zero-order valence-corrected chi connectivity index (χ0v) is 41.7. The van der Waals surface area contributed by atoms with Crippen LogP contribution in [0.25, 0.3) is 155 Å². The van der Waals surface area contributed by atoms with Gasteiger partial charge in [-0.05, 0) is 148 Å². The molecule has 0 aliphatic heterocycles. The number of nitrogens with zero attached hydrogens (tertiary/aromatic N) is 3. The van der Waals surface area contributed by atoms with E-state index in [4.69, 9.17) is 19.4 Å². The summed E-state index contributed by atoms with van der Waals surface area (Å²) in [6.45, 7) is 0. The van der Waals surface area contributed by atoms with E-state index < -0.39 is 0 Å². The molecule has 4 nitrogen and oxygen atoms in total. The number of benzene rings is 13. The van der Waals surface area contributed by atoms with Gasteiger partial charge in [0.05, 0.1) is 0 Å². The number of rotatable bonds is 8. The minimum absolute atomic E-state index is 0.573. The van der Waals surface area contributed by atoms with Gasteiger partial charge in [0.25, 0.3) is 0 Å². The molecule has 0 amide bonds. The summed E-state index contributed by atoms with van der Waals surface area (Å²) in [6, 6.07) is 97.0. The molecular weight excluding hydrogens is 935 g/mol. The summed E-state index contributed by atoms with van der Waals surface area (Å²) >= 11 is 0. The zero-order valence-electron chi connectivity index (χ0n) is 41.7. The second-order valence-corrected chi connectivity index (χ2v) is 19.9. The van der Waals surface area contributed by atoms with Crippen molar-refractivity contribution >= 4 is 65.0 Å². The molecule has 0 N–H and O–H groups in total. The number of hydrogen-bond acceptors (Lipinski definition) is 4. The molecular formula is C73H45N3O. The maximum atomic E-state index is 7.17. The molecule has 0 unspecified atom stereocenters. The third kappa shape index (κ3) is 7.73. The van der Waals surface area contributed by atoms with Crippen LogP contribution in [0.5, 0.6) is 0 Å². The first-order valence-corrected chi connectivity index (χ1v) is 26.1. The van der Waals surface area contributed by atoms with Crippen LogP contribution in [-0.4, -0.2) is 15.0 Å². The average molecular weight is 980 g/mol. The Bertz CT molecular complexity index is 4480. The Hall–Kier alpha value is -10.3. The molecule has 358 valence electrons. The molecule has 0 radical (unpaired) electrons. The fourth-order valence-corrected chi connectivity index (χ4v) is 11.6. The average Bonchev–Trinajstić information content (AvgIpc) is 4.16. The van der Waals surface area contributed by atoms with E-state index in [1.165, 1.54) is 26.9 Å². The first-order chi connectivity index (χ1) is 38.1. The molecule has 0 bridgehead atoms. The minimum atomic E-state index is 0.573. The fraction of sp³-hybridized carbons (Fsp3) is 0. The Balaban J connectivity index is 0.948. The third-order valence-corrected chi connectivity index (χ3v) is 15.2. The summed E-state index contributed by atoms with van der Waals surface area (Å²) in [4.78, 5) is 16.3. The van der Waals surface area contributed by atoms with Gasteiger partial charge in [-0.3, -0.25) is 0 Å². The Morgan fingerprint density at radius 2 is 0.532 bits per heavy atom. The molecule has 4 heteroatoms. The quantitative estimate of drug-likeness (QED) is 0.142. The summed E-state index contributed by atoms with van der Waals surface area (Å²) in [5.74, 6) is 1.74. The van der Waals surface area contributed by atoms with Gasteiger partial charge in [0.2, 0.25) is 0 Å². The molecule has 0 aliphatic rings. The predicted molar refractivity (Wildman–Crippen MR) is 321 cm³/mol. The lowest BCUT2D eigenvalue weighted by atomic mass is 9.91. The minimum Gasteiger partial charge on any atom is -0.455 e. The van der Waals surface area contributed by atoms with Gasteiger partial charge in [-0.25, -0.2) is 15.0 Å². The van der Waals surface area contributed by atoms with Crippen molar-refractivity contribution in [1.29, 1.82) is 0 Å². The van der Waals surface area contributed by atoms with Crippen molar-refractivity contribution in [3.05, 3.63) is 273 Å². The van der Waals surface area contributed by atoms with Crippen LogP contribution in [0.1, 0.15) is 0 Å². The molecule has 0 fully saturated rings. The molecule has 15 aromatic rings.